The molecule has 0 bridgehead atoms. The van der Waals surface area contributed by atoms with Gasteiger partial charge in [-0.25, -0.2) is 0 Å². The number of carbonyl (C=O) groups excluding carboxylic acids is 1. The van der Waals surface area contributed by atoms with E-state index >= 15 is 0 Å². The van der Waals surface area contributed by atoms with Crippen molar-refractivity contribution >= 4 is 13.8 Å². The molecule has 4 heteroatoms. The van der Waals surface area contributed by atoms with Crippen LogP contribution in [0.3, 0.4) is 0 Å². The predicted octanol–water partition coefficient (Wildman–Crippen LogP) is 1.08. The molecule has 0 aliphatic rings. The normalized spacial score (nSPS) is 9.73. The number of hydrogen-bond donors (Lipinski definition) is 0. The van der Waals surface area contributed by atoms with Crippen molar-refractivity contribution in [3.63, 3.8) is 0 Å². The van der Waals surface area contributed by atoms with Gasteiger partial charge in [-0.1, -0.05) is 18.5 Å². The Morgan fingerprint density at radius 1 is 1.40 bits per heavy atom. The van der Waals surface area contributed by atoms with E-state index in [0.29, 0.717) is 12.1 Å². The van der Waals surface area contributed by atoms with Gasteiger partial charge in [0.15, 0.2) is 0 Å². The highest BCUT2D eigenvalue weighted by atomic mass is 16.5. The number of carbonyl (C=O) groups is 1. The Labute approximate surface area is 90.8 Å². The maximum atomic E-state index is 11.0. The molecule has 1 aromatic rings. The maximum Gasteiger partial charge on any atom is 0.309 e. The third kappa shape index (κ3) is 3.01. The lowest BCUT2D eigenvalue weighted by Crippen LogP contribution is -2.05. The van der Waals surface area contributed by atoms with Crippen molar-refractivity contribution in [2.24, 2.45) is 0 Å². The molecule has 78 valence electrons. The zero-order valence-corrected chi connectivity index (χ0v) is 8.95. The van der Waals surface area contributed by atoms with Gasteiger partial charge >= 0.3 is 5.97 Å². The molecule has 0 atom stereocenters. The van der Waals surface area contributed by atoms with Gasteiger partial charge in [0.2, 0.25) is 0 Å². The monoisotopic (exact) mass is 204 g/mol. The molecule has 0 unspecified atom stereocenters. The molecule has 0 saturated heterocycles. The van der Waals surface area contributed by atoms with E-state index in [1.165, 1.54) is 7.11 Å². The van der Waals surface area contributed by atoms with Crippen LogP contribution in [-0.2, 0) is 22.3 Å². The molecule has 0 N–H and O–H groups in total. The first-order valence-electron chi connectivity index (χ1n) is 4.64. The summed E-state index contributed by atoms with van der Waals surface area (Å²) in [4.78, 5) is 11.0. The molecule has 15 heavy (non-hydrogen) atoms. The Balaban J connectivity index is 2.88. The van der Waals surface area contributed by atoms with Gasteiger partial charge < -0.3 is 9.47 Å². The summed E-state index contributed by atoms with van der Waals surface area (Å²) in [6.07, 6.45) is 0.666. The van der Waals surface area contributed by atoms with Crippen molar-refractivity contribution in [2.75, 3.05) is 14.2 Å². The minimum absolute atomic E-state index is 0.248. The van der Waals surface area contributed by atoms with Crippen LogP contribution >= 0.6 is 0 Å². The van der Waals surface area contributed by atoms with E-state index in [1.807, 2.05) is 12.1 Å². The molecule has 1 aromatic carbocycles. The number of rotatable bonds is 4. The second-order valence-electron chi connectivity index (χ2n) is 3.10. The number of ether oxygens (including phenoxy) is 2. The molecule has 0 fully saturated rings. The Hall–Kier alpha value is -1.45. The highest BCUT2D eigenvalue weighted by Crippen LogP contribution is 2.20. The number of hydrogen-bond acceptors (Lipinski definition) is 3. The second kappa shape index (κ2) is 5.44. The largest absolute Gasteiger partial charge is 0.496 e. The van der Waals surface area contributed by atoms with E-state index < -0.39 is 0 Å². The fourth-order valence-corrected chi connectivity index (χ4v) is 1.31. The molecule has 0 saturated carbocycles. The van der Waals surface area contributed by atoms with Crippen LogP contribution in [0.1, 0.15) is 11.1 Å². The SMILES string of the molecule is [B]Cc1ccc(CC(=O)OC)cc1OC. The number of benzene rings is 1. The summed E-state index contributed by atoms with van der Waals surface area (Å²) in [6, 6.07) is 5.51. The fourth-order valence-electron chi connectivity index (χ4n) is 1.31. The van der Waals surface area contributed by atoms with Crippen LogP contribution in [0.4, 0.5) is 0 Å². The van der Waals surface area contributed by atoms with Crippen LogP contribution in [0.5, 0.6) is 5.75 Å². The van der Waals surface area contributed by atoms with E-state index in [-0.39, 0.29) is 12.4 Å². The standard InChI is InChI=1S/C11H13BO3/c1-14-10-5-8(6-11(13)15-2)3-4-9(10)7-12/h3-5H,6-7H2,1-2H3. The number of methoxy groups -OCH3 is 2. The van der Waals surface area contributed by atoms with Gasteiger partial charge in [-0.15, -0.1) is 0 Å². The average molecular weight is 204 g/mol. The lowest BCUT2D eigenvalue weighted by Gasteiger charge is -2.08. The van der Waals surface area contributed by atoms with Crippen LogP contribution in [0.15, 0.2) is 18.2 Å². The molecule has 0 spiro atoms. The van der Waals surface area contributed by atoms with Crippen molar-refractivity contribution in [3.8, 4) is 5.75 Å². The lowest BCUT2D eigenvalue weighted by molar-refractivity contribution is -0.139. The molecule has 1 rings (SSSR count). The third-order valence-corrected chi connectivity index (χ3v) is 2.15. The van der Waals surface area contributed by atoms with Gasteiger partial charge in [0.1, 0.15) is 5.75 Å². The zero-order chi connectivity index (χ0) is 11.3. The summed E-state index contributed by atoms with van der Waals surface area (Å²) in [5, 5.41) is 0. The van der Waals surface area contributed by atoms with Gasteiger partial charge in [-0.05, 0) is 17.2 Å². The first-order valence-corrected chi connectivity index (χ1v) is 4.64. The van der Waals surface area contributed by atoms with E-state index in [1.54, 1.807) is 13.2 Å². The highest BCUT2D eigenvalue weighted by Gasteiger charge is 2.06. The molecule has 0 aliphatic carbocycles. The zero-order valence-electron chi connectivity index (χ0n) is 8.95. The summed E-state index contributed by atoms with van der Waals surface area (Å²) in [5.74, 6) is 0.441. The fraction of sp³-hybridized carbons (Fsp3) is 0.364. The minimum atomic E-state index is -0.266. The molecule has 0 aromatic heterocycles. The van der Waals surface area contributed by atoms with Crippen LogP contribution < -0.4 is 4.74 Å². The summed E-state index contributed by atoms with van der Waals surface area (Å²) in [6.45, 7) is 0. The van der Waals surface area contributed by atoms with Gasteiger partial charge in [0.25, 0.3) is 0 Å². The van der Waals surface area contributed by atoms with E-state index in [0.717, 1.165) is 11.1 Å². The van der Waals surface area contributed by atoms with Crippen LogP contribution in [0.2, 0.25) is 0 Å². The summed E-state index contributed by atoms with van der Waals surface area (Å²) in [5.41, 5.74) is 1.78. The quantitative estimate of drug-likeness (QED) is 0.543. The Kier molecular flexibility index (Phi) is 4.22. The predicted molar refractivity (Wildman–Crippen MR) is 58.2 cm³/mol. The maximum absolute atomic E-state index is 11.0. The second-order valence-corrected chi connectivity index (χ2v) is 3.10. The smallest absolute Gasteiger partial charge is 0.309 e. The van der Waals surface area contributed by atoms with Crippen LogP contribution in [0.25, 0.3) is 0 Å². The number of esters is 1. The Morgan fingerprint density at radius 2 is 2.13 bits per heavy atom. The van der Waals surface area contributed by atoms with Crippen molar-refractivity contribution in [1.82, 2.24) is 0 Å². The lowest BCUT2D eigenvalue weighted by atomic mass is 9.95. The topological polar surface area (TPSA) is 35.5 Å². The molecular formula is C11H13BO3. The van der Waals surface area contributed by atoms with E-state index in [2.05, 4.69) is 4.74 Å². The Morgan fingerprint density at radius 3 is 2.67 bits per heavy atom. The summed E-state index contributed by atoms with van der Waals surface area (Å²) in [7, 11) is 8.48. The van der Waals surface area contributed by atoms with Crippen molar-refractivity contribution in [2.45, 2.75) is 12.7 Å². The Bertz CT molecular complexity index is 350. The molecule has 0 amide bonds. The minimum Gasteiger partial charge on any atom is -0.496 e. The van der Waals surface area contributed by atoms with E-state index in [9.17, 15) is 4.79 Å². The van der Waals surface area contributed by atoms with Gasteiger partial charge in [-0.2, -0.15) is 0 Å². The first kappa shape index (κ1) is 11.6. The van der Waals surface area contributed by atoms with Crippen LogP contribution in [0, 0.1) is 0 Å². The average Bonchev–Trinajstić information content (AvgIpc) is 2.28. The third-order valence-electron chi connectivity index (χ3n) is 2.15. The highest BCUT2D eigenvalue weighted by molar-refractivity contribution is 6.08. The van der Waals surface area contributed by atoms with Crippen molar-refractivity contribution < 1.29 is 14.3 Å². The van der Waals surface area contributed by atoms with Gasteiger partial charge in [0.05, 0.1) is 28.5 Å². The summed E-state index contributed by atoms with van der Waals surface area (Å²) < 4.78 is 9.74. The van der Waals surface area contributed by atoms with Gasteiger partial charge in [-0.3, -0.25) is 4.79 Å². The molecular weight excluding hydrogens is 191 g/mol. The molecule has 0 aliphatic heterocycles. The molecule has 0 heterocycles. The van der Waals surface area contributed by atoms with Gasteiger partial charge in [0, 0.05) is 0 Å². The molecule has 2 radical (unpaired) electrons. The van der Waals surface area contributed by atoms with Crippen molar-refractivity contribution in [3.05, 3.63) is 29.3 Å². The van der Waals surface area contributed by atoms with Crippen molar-refractivity contribution in [1.29, 1.82) is 0 Å². The summed E-state index contributed by atoms with van der Waals surface area (Å²) >= 11 is 0. The van der Waals surface area contributed by atoms with Crippen LogP contribution in [-0.4, -0.2) is 28.0 Å². The van der Waals surface area contributed by atoms with E-state index in [4.69, 9.17) is 12.6 Å². The first-order chi connectivity index (χ1) is 7.21. The molecule has 3 nitrogen and oxygen atoms in total.